The predicted molar refractivity (Wildman–Crippen MR) is 111 cm³/mol. The van der Waals surface area contributed by atoms with Crippen LogP contribution in [0.3, 0.4) is 0 Å². The smallest absolute Gasteiger partial charge is 0.293 e. The van der Waals surface area contributed by atoms with Gasteiger partial charge in [-0.2, -0.15) is 0 Å². The van der Waals surface area contributed by atoms with Crippen molar-refractivity contribution in [3.05, 3.63) is 70.1 Å². The molecule has 2 aromatic rings. The summed E-state index contributed by atoms with van der Waals surface area (Å²) in [5.41, 5.74) is 4.24. The van der Waals surface area contributed by atoms with E-state index in [4.69, 9.17) is 0 Å². The summed E-state index contributed by atoms with van der Waals surface area (Å²) in [4.78, 5) is 29.3. The maximum absolute atomic E-state index is 12.7. The van der Waals surface area contributed by atoms with Crippen molar-refractivity contribution in [2.75, 3.05) is 18.0 Å². The molecular formula is C22H22N2O2S. The number of hydrogen-bond acceptors (Lipinski definition) is 4. The van der Waals surface area contributed by atoms with Crippen LogP contribution in [0.15, 0.2) is 53.4 Å². The van der Waals surface area contributed by atoms with Gasteiger partial charge in [0.15, 0.2) is 0 Å². The van der Waals surface area contributed by atoms with E-state index < -0.39 is 0 Å². The average Bonchev–Trinajstić information content (AvgIpc) is 3.29. The van der Waals surface area contributed by atoms with Crippen molar-refractivity contribution in [3.8, 4) is 0 Å². The maximum atomic E-state index is 12.7. The molecule has 2 saturated heterocycles. The Labute approximate surface area is 163 Å². The van der Waals surface area contributed by atoms with Gasteiger partial charge in [0.05, 0.1) is 11.4 Å². The molecule has 2 aliphatic rings. The van der Waals surface area contributed by atoms with Crippen LogP contribution in [0, 0.1) is 6.92 Å². The highest BCUT2D eigenvalue weighted by atomic mass is 32.2. The fraction of sp³-hybridized carbons (Fsp3) is 0.273. The minimum atomic E-state index is -0.211. The molecule has 0 atom stereocenters. The highest BCUT2D eigenvalue weighted by Crippen LogP contribution is 2.34. The van der Waals surface area contributed by atoms with E-state index in [1.807, 2.05) is 49.4 Å². The van der Waals surface area contributed by atoms with Gasteiger partial charge in [0.2, 0.25) is 0 Å². The van der Waals surface area contributed by atoms with Crippen LogP contribution >= 0.6 is 11.8 Å². The van der Waals surface area contributed by atoms with E-state index in [9.17, 15) is 9.59 Å². The number of rotatable bonds is 4. The molecule has 0 radical (unpaired) electrons. The molecule has 2 fully saturated rings. The van der Waals surface area contributed by atoms with Gasteiger partial charge in [-0.1, -0.05) is 36.4 Å². The standard InChI is InChI=1S/C22H22N2O2S/c1-16-6-2-3-7-18(16)15-24-21(25)20(27-22(24)26)14-17-8-10-19(11-9-17)23-12-4-5-13-23/h2-3,6-11,14H,4-5,12-13,15H2,1H3/b20-14-. The van der Waals surface area contributed by atoms with Gasteiger partial charge in [-0.05, 0) is 66.4 Å². The number of hydrogen-bond donors (Lipinski definition) is 0. The van der Waals surface area contributed by atoms with Gasteiger partial charge in [-0.25, -0.2) is 0 Å². The molecule has 4 nitrogen and oxygen atoms in total. The van der Waals surface area contributed by atoms with Crippen molar-refractivity contribution in [3.63, 3.8) is 0 Å². The Hall–Kier alpha value is -2.53. The molecule has 2 aromatic carbocycles. The molecule has 0 aliphatic carbocycles. The molecule has 0 N–H and O–H groups in total. The number of aryl methyl sites for hydroxylation is 1. The number of imide groups is 1. The van der Waals surface area contributed by atoms with Crippen molar-refractivity contribution in [1.29, 1.82) is 0 Å². The zero-order valence-electron chi connectivity index (χ0n) is 15.4. The largest absolute Gasteiger partial charge is 0.372 e. The summed E-state index contributed by atoms with van der Waals surface area (Å²) in [6.07, 6.45) is 4.31. The van der Waals surface area contributed by atoms with Crippen LogP contribution in [-0.4, -0.2) is 29.1 Å². The van der Waals surface area contributed by atoms with Gasteiger partial charge in [-0.15, -0.1) is 0 Å². The monoisotopic (exact) mass is 378 g/mol. The Balaban J connectivity index is 1.50. The van der Waals surface area contributed by atoms with Gasteiger partial charge in [0.25, 0.3) is 11.1 Å². The van der Waals surface area contributed by atoms with Gasteiger partial charge >= 0.3 is 0 Å². The fourth-order valence-electron chi connectivity index (χ4n) is 3.50. The normalized spacial score (nSPS) is 18.8. The molecule has 27 heavy (non-hydrogen) atoms. The molecule has 0 saturated carbocycles. The summed E-state index contributed by atoms with van der Waals surface area (Å²) in [5.74, 6) is -0.211. The van der Waals surface area contributed by atoms with Crippen LogP contribution in [0.2, 0.25) is 0 Å². The lowest BCUT2D eigenvalue weighted by atomic mass is 10.1. The third-order valence-corrected chi connectivity index (χ3v) is 6.03. The second kappa shape index (κ2) is 7.61. The minimum Gasteiger partial charge on any atom is -0.372 e. The Bertz CT molecular complexity index is 899. The lowest BCUT2D eigenvalue weighted by Gasteiger charge is -2.17. The molecule has 2 heterocycles. The van der Waals surface area contributed by atoms with E-state index in [0.29, 0.717) is 11.4 Å². The van der Waals surface area contributed by atoms with E-state index >= 15 is 0 Å². The number of nitrogens with zero attached hydrogens (tertiary/aromatic N) is 2. The molecule has 0 spiro atoms. The molecule has 4 rings (SSSR count). The van der Waals surface area contributed by atoms with E-state index in [1.165, 1.54) is 23.4 Å². The number of thioether (sulfide) groups is 1. The van der Waals surface area contributed by atoms with Gasteiger partial charge in [0.1, 0.15) is 0 Å². The topological polar surface area (TPSA) is 40.6 Å². The van der Waals surface area contributed by atoms with Crippen LogP contribution in [0.25, 0.3) is 6.08 Å². The van der Waals surface area contributed by atoms with Gasteiger partial charge in [-0.3, -0.25) is 14.5 Å². The number of carbonyl (C=O) groups excluding carboxylic acids is 2. The van der Waals surface area contributed by atoms with E-state index in [-0.39, 0.29) is 11.1 Å². The summed E-state index contributed by atoms with van der Waals surface area (Å²) < 4.78 is 0. The maximum Gasteiger partial charge on any atom is 0.293 e. The molecule has 0 unspecified atom stereocenters. The van der Waals surface area contributed by atoms with Crippen LogP contribution in [0.5, 0.6) is 0 Å². The van der Waals surface area contributed by atoms with E-state index in [1.54, 1.807) is 0 Å². The first-order chi connectivity index (χ1) is 13.1. The third-order valence-electron chi connectivity index (χ3n) is 5.13. The molecule has 0 aromatic heterocycles. The Morgan fingerprint density at radius 2 is 1.70 bits per heavy atom. The highest BCUT2D eigenvalue weighted by molar-refractivity contribution is 8.18. The fourth-order valence-corrected chi connectivity index (χ4v) is 4.34. The van der Waals surface area contributed by atoms with Crippen molar-refractivity contribution in [2.24, 2.45) is 0 Å². The zero-order valence-corrected chi connectivity index (χ0v) is 16.2. The zero-order chi connectivity index (χ0) is 18.8. The first-order valence-corrected chi connectivity index (χ1v) is 10.1. The molecule has 138 valence electrons. The molecule has 5 heteroatoms. The Morgan fingerprint density at radius 3 is 2.41 bits per heavy atom. The van der Waals surface area contributed by atoms with Crippen molar-refractivity contribution < 1.29 is 9.59 Å². The van der Waals surface area contributed by atoms with Crippen LogP contribution in [-0.2, 0) is 11.3 Å². The van der Waals surface area contributed by atoms with Crippen LogP contribution in [0.4, 0.5) is 10.5 Å². The number of benzene rings is 2. The minimum absolute atomic E-state index is 0.205. The molecule has 0 bridgehead atoms. The Kier molecular flexibility index (Phi) is 5.03. The van der Waals surface area contributed by atoms with Gasteiger partial charge in [0, 0.05) is 18.8 Å². The van der Waals surface area contributed by atoms with Crippen molar-refractivity contribution in [1.82, 2.24) is 4.90 Å². The summed E-state index contributed by atoms with van der Waals surface area (Å²) in [5, 5.41) is -0.205. The summed E-state index contributed by atoms with van der Waals surface area (Å²) in [6.45, 7) is 4.53. The number of amides is 2. The first kappa shape index (κ1) is 17.9. The van der Waals surface area contributed by atoms with Gasteiger partial charge < -0.3 is 4.90 Å². The number of carbonyl (C=O) groups is 2. The van der Waals surface area contributed by atoms with E-state index in [2.05, 4.69) is 17.0 Å². The van der Waals surface area contributed by atoms with Crippen molar-refractivity contribution in [2.45, 2.75) is 26.3 Å². The van der Waals surface area contributed by atoms with Crippen LogP contribution < -0.4 is 4.90 Å². The number of anilines is 1. The van der Waals surface area contributed by atoms with Crippen molar-refractivity contribution >= 4 is 34.7 Å². The molecular weight excluding hydrogens is 356 g/mol. The lowest BCUT2D eigenvalue weighted by Crippen LogP contribution is -2.27. The lowest BCUT2D eigenvalue weighted by molar-refractivity contribution is -0.123. The van der Waals surface area contributed by atoms with E-state index in [0.717, 1.165) is 41.5 Å². The summed E-state index contributed by atoms with van der Waals surface area (Å²) >= 11 is 1.02. The summed E-state index contributed by atoms with van der Waals surface area (Å²) in [6, 6.07) is 16.1. The highest BCUT2D eigenvalue weighted by Gasteiger charge is 2.35. The quantitative estimate of drug-likeness (QED) is 0.715. The predicted octanol–water partition coefficient (Wildman–Crippen LogP) is 4.83. The Morgan fingerprint density at radius 1 is 1.00 bits per heavy atom. The second-order valence-electron chi connectivity index (χ2n) is 6.98. The first-order valence-electron chi connectivity index (χ1n) is 9.27. The molecule has 2 aliphatic heterocycles. The second-order valence-corrected chi connectivity index (χ2v) is 7.97. The summed E-state index contributed by atoms with van der Waals surface area (Å²) in [7, 11) is 0. The third kappa shape index (κ3) is 3.78. The van der Waals surface area contributed by atoms with Crippen LogP contribution in [0.1, 0.15) is 29.5 Å². The SMILES string of the molecule is Cc1ccccc1CN1C(=O)S/C(=C\c2ccc(N3CCCC3)cc2)C1=O. The molecule has 2 amide bonds. The average molecular weight is 378 g/mol.